The third kappa shape index (κ3) is 4.19. The van der Waals surface area contributed by atoms with Crippen molar-refractivity contribution in [3.8, 4) is 6.07 Å². The van der Waals surface area contributed by atoms with Gasteiger partial charge in [-0.2, -0.15) is 5.26 Å². The van der Waals surface area contributed by atoms with Gasteiger partial charge in [0.15, 0.2) is 0 Å². The number of benzene rings is 1. The van der Waals surface area contributed by atoms with Crippen molar-refractivity contribution in [3.05, 3.63) is 28.2 Å². The predicted octanol–water partition coefficient (Wildman–Crippen LogP) is 1.74. The van der Waals surface area contributed by atoms with Crippen LogP contribution in [0.15, 0.2) is 22.7 Å². The van der Waals surface area contributed by atoms with Crippen molar-refractivity contribution in [3.63, 3.8) is 0 Å². The van der Waals surface area contributed by atoms with Crippen LogP contribution in [0.3, 0.4) is 0 Å². The molecule has 0 aliphatic carbocycles. The van der Waals surface area contributed by atoms with Crippen LogP contribution in [0.25, 0.3) is 0 Å². The molecule has 2 N–H and O–H groups in total. The molecular formula is C11H13BrN2O2. The molecule has 1 unspecified atom stereocenters. The summed E-state index contributed by atoms with van der Waals surface area (Å²) < 4.78 is 5.64. The first kappa shape index (κ1) is 13.0. The number of ether oxygens (including phenoxy) is 1. The van der Waals surface area contributed by atoms with Crippen LogP contribution in [-0.4, -0.2) is 31.5 Å². The minimum absolute atomic E-state index is 0.284. The third-order valence-corrected chi connectivity index (χ3v) is 2.39. The van der Waals surface area contributed by atoms with Crippen LogP contribution >= 0.6 is 15.9 Å². The number of aliphatic hydroxyl groups is 1. The molecule has 1 rings (SSSR count). The fraction of sp³-hybridized carbons (Fsp3) is 0.364. The highest BCUT2D eigenvalue weighted by Crippen LogP contribution is 2.19. The van der Waals surface area contributed by atoms with Gasteiger partial charge in [-0.1, -0.05) is 15.9 Å². The standard InChI is InChI=1S/C11H13BrN2O2/c1-16-7-11(15)6-14-10-3-8(5-13)2-9(12)4-10/h2-4,11,14-15H,6-7H2,1H3. The molecule has 5 heteroatoms. The maximum Gasteiger partial charge on any atom is 0.0992 e. The smallest absolute Gasteiger partial charge is 0.0992 e. The van der Waals surface area contributed by atoms with E-state index in [4.69, 9.17) is 10.00 Å². The average molecular weight is 285 g/mol. The van der Waals surface area contributed by atoms with E-state index in [0.717, 1.165) is 10.2 Å². The number of hydrogen-bond donors (Lipinski definition) is 2. The zero-order valence-electron chi connectivity index (χ0n) is 8.90. The Morgan fingerprint density at radius 3 is 2.94 bits per heavy atom. The highest BCUT2D eigenvalue weighted by atomic mass is 79.9. The molecule has 0 aromatic heterocycles. The number of hydrogen-bond acceptors (Lipinski definition) is 4. The summed E-state index contributed by atoms with van der Waals surface area (Å²) in [5, 5.41) is 21.3. The van der Waals surface area contributed by atoms with E-state index in [9.17, 15) is 5.11 Å². The highest BCUT2D eigenvalue weighted by Gasteiger charge is 2.04. The minimum Gasteiger partial charge on any atom is -0.389 e. The van der Waals surface area contributed by atoms with Crippen molar-refractivity contribution in [2.75, 3.05) is 25.6 Å². The van der Waals surface area contributed by atoms with Crippen LogP contribution in [-0.2, 0) is 4.74 Å². The predicted molar refractivity (Wildman–Crippen MR) is 65.2 cm³/mol. The summed E-state index contributed by atoms with van der Waals surface area (Å²) in [6, 6.07) is 7.37. The van der Waals surface area contributed by atoms with E-state index in [1.54, 1.807) is 12.1 Å². The minimum atomic E-state index is -0.561. The largest absolute Gasteiger partial charge is 0.389 e. The van der Waals surface area contributed by atoms with Gasteiger partial charge in [-0.3, -0.25) is 0 Å². The fourth-order valence-electron chi connectivity index (χ4n) is 1.24. The molecule has 1 aromatic carbocycles. The number of anilines is 1. The first-order valence-corrected chi connectivity index (χ1v) is 5.56. The van der Waals surface area contributed by atoms with Crippen molar-refractivity contribution in [1.29, 1.82) is 5.26 Å². The number of aliphatic hydroxyl groups excluding tert-OH is 1. The number of nitrogens with one attached hydrogen (secondary N) is 1. The molecule has 1 atom stereocenters. The summed E-state index contributed by atoms with van der Waals surface area (Å²) in [5.41, 5.74) is 1.36. The van der Waals surface area contributed by atoms with Gasteiger partial charge in [0.25, 0.3) is 0 Å². The molecule has 0 bridgehead atoms. The first-order valence-electron chi connectivity index (χ1n) is 4.77. The first-order chi connectivity index (χ1) is 7.65. The van der Waals surface area contributed by atoms with Crippen molar-refractivity contribution < 1.29 is 9.84 Å². The van der Waals surface area contributed by atoms with Crippen LogP contribution in [0.2, 0.25) is 0 Å². The summed E-state index contributed by atoms with van der Waals surface area (Å²) in [7, 11) is 1.54. The molecule has 86 valence electrons. The Balaban J connectivity index is 2.60. The van der Waals surface area contributed by atoms with Crippen molar-refractivity contribution in [2.24, 2.45) is 0 Å². The Morgan fingerprint density at radius 1 is 1.56 bits per heavy atom. The second kappa shape index (κ2) is 6.48. The molecule has 0 fully saturated rings. The van der Waals surface area contributed by atoms with Gasteiger partial charge in [0.05, 0.1) is 24.3 Å². The molecule has 1 aromatic rings. The van der Waals surface area contributed by atoms with Gasteiger partial charge in [-0.15, -0.1) is 0 Å². The van der Waals surface area contributed by atoms with Gasteiger partial charge in [-0.25, -0.2) is 0 Å². The quantitative estimate of drug-likeness (QED) is 0.865. The summed E-state index contributed by atoms with van der Waals surface area (Å²) >= 11 is 3.31. The third-order valence-electron chi connectivity index (χ3n) is 1.93. The molecule has 0 radical (unpaired) electrons. The van der Waals surface area contributed by atoms with Crippen LogP contribution < -0.4 is 5.32 Å². The zero-order chi connectivity index (χ0) is 12.0. The average Bonchev–Trinajstić information content (AvgIpc) is 2.26. The lowest BCUT2D eigenvalue weighted by Gasteiger charge is -2.12. The van der Waals surface area contributed by atoms with Gasteiger partial charge >= 0.3 is 0 Å². The lowest BCUT2D eigenvalue weighted by Crippen LogP contribution is -2.24. The lowest BCUT2D eigenvalue weighted by molar-refractivity contribution is 0.0727. The Kier molecular flexibility index (Phi) is 5.26. The Bertz CT molecular complexity index is 390. The molecule has 0 heterocycles. The van der Waals surface area contributed by atoms with E-state index in [-0.39, 0.29) is 6.61 Å². The van der Waals surface area contributed by atoms with E-state index in [0.29, 0.717) is 12.1 Å². The SMILES string of the molecule is COCC(O)CNc1cc(Br)cc(C#N)c1. The number of methoxy groups -OCH3 is 1. The van der Waals surface area contributed by atoms with Crippen LogP contribution in [0, 0.1) is 11.3 Å². The Hall–Kier alpha value is -1.09. The van der Waals surface area contributed by atoms with E-state index in [1.165, 1.54) is 7.11 Å². The van der Waals surface area contributed by atoms with Crippen LogP contribution in [0.1, 0.15) is 5.56 Å². The monoisotopic (exact) mass is 284 g/mol. The van der Waals surface area contributed by atoms with Gasteiger partial charge in [-0.05, 0) is 18.2 Å². The van der Waals surface area contributed by atoms with Crippen molar-refractivity contribution in [1.82, 2.24) is 0 Å². The van der Waals surface area contributed by atoms with Crippen LogP contribution in [0.5, 0.6) is 0 Å². The van der Waals surface area contributed by atoms with Gasteiger partial charge in [0, 0.05) is 23.8 Å². The van der Waals surface area contributed by atoms with Gasteiger partial charge in [0.1, 0.15) is 0 Å². The zero-order valence-corrected chi connectivity index (χ0v) is 10.5. The van der Waals surface area contributed by atoms with Gasteiger partial charge in [0.2, 0.25) is 0 Å². The Morgan fingerprint density at radius 2 is 2.31 bits per heavy atom. The van der Waals surface area contributed by atoms with Crippen LogP contribution in [0.4, 0.5) is 5.69 Å². The molecule has 0 spiro atoms. The molecule has 0 aliphatic heterocycles. The summed E-state index contributed by atoms with van der Waals surface area (Å²) in [5.74, 6) is 0. The summed E-state index contributed by atoms with van der Waals surface area (Å²) in [6.07, 6.45) is -0.561. The van der Waals surface area contributed by atoms with Gasteiger partial charge < -0.3 is 15.2 Å². The maximum absolute atomic E-state index is 9.44. The maximum atomic E-state index is 9.44. The molecular weight excluding hydrogens is 272 g/mol. The van der Waals surface area contributed by atoms with Crippen molar-refractivity contribution >= 4 is 21.6 Å². The van der Waals surface area contributed by atoms with E-state index >= 15 is 0 Å². The summed E-state index contributed by atoms with van der Waals surface area (Å²) in [4.78, 5) is 0. The number of halogens is 1. The van der Waals surface area contributed by atoms with Crippen molar-refractivity contribution in [2.45, 2.75) is 6.10 Å². The molecule has 0 saturated heterocycles. The number of rotatable bonds is 5. The molecule has 16 heavy (non-hydrogen) atoms. The summed E-state index contributed by atoms with van der Waals surface area (Å²) in [6.45, 7) is 0.668. The Labute approximate surface area is 103 Å². The molecule has 0 aliphatic rings. The topological polar surface area (TPSA) is 65.3 Å². The lowest BCUT2D eigenvalue weighted by atomic mass is 10.2. The van der Waals surface area contributed by atoms with E-state index in [2.05, 4.69) is 27.3 Å². The fourth-order valence-corrected chi connectivity index (χ4v) is 1.74. The normalized spacial score (nSPS) is 11.9. The van der Waals surface area contributed by atoms with E-state index < -0.39 is 6.10 Å². The second-order valence-electron chi connectivity index (χ2n) is 3.33. The second-order valence-corrected chi connectivity index (χ2v) is 4.25. The molecule has 0 amide bonds. The molecule has 4 nitrogen and oxygen atoms in total. The number of nitriles is 1. The highest BCUT2D eigenvalue weighted by molar-refractivity contribution is 9.10. The van der Waals surface area contributed by atoms with E-state index in [1.807, 2.05) is 6.07 Å². The number of nitrogens with zero attached hydrogens (tertiary/aromatic N) is 1. The molecule has 0 saturated carbocycles.